The number of hydrogen-bond donors (Lipinski definition) is 3. The molecule has 0 aliphatic carbocycles. The van der Waals surface area contributed by atoms with E-state index in [0.29, 0.717) is 5.69 Å². The number of aliphatic hydroxyl groups excluding tert-OH is 2. The summed E-state index contributed by atoms with van der Waals surface area (Å²) in [5.41, 5.74) is 5.08. The number of halogens is 2. The Kier molecular flexibility index (Phi) is 5.11. The van der Waals surface area contributed by atoms with Gasteiger partial charge in [-0.25, -0.2) is 4.79 Å². The second-order valence-electron chi connectivity index (χ2n) is 3.99. The van der Waals surface area contributed by atoms with E-state index in [1.54, 1.807) is 6.92 Å². The van der Waals surface area contributed by atoms with E-state index in [-0.39, 0.29) is 18.2 Å². The molecule has 1 aromatic rings. The van der Waals surface area contributed by atoms with Gasteiger partial charge in [-0.15, -0.1) is 24.0 Å². The van der Waals surface area contributed by atoms with Gasteiger partial charge in [0.1, 0.15) is 23.3 Å². The molecule has 108 valence electrons. The van der Waals surface area contributed by atoms with E-state index >= 15 is 0 Å². The molecule has 0 unspecified atom stereocenters. The number of nitrogens with zero attached hydrogens (tertiary/aromatic N) is 3. The van der Waals surface area contributed by atoms with Crippen LogP contribution in [-0.2, 0) is 4.74 Å². The third-order valence-corrected chi connectivity index (χ3v) is 3.23. The Bertz CT molecular complexity index is 511. The first-order valence-corrected chi connectivity index (χ1v) is 5.70. The van der Waals surface area contributed by atoms with Crippen molar-refractivity contribution in [2.24, 2.45) is 0 Å². The molecule has 1 aliphatic rings. The van der Waals surface area contributed by atoms with Crippen molar-refractivity contribution in [3.05, 3.63) is 16.2 Å². The van der Waals surface area contributed by atoms with E-state index in [1.807, 2.05) is 0 Å². The molecule has 0 radical (unpaired) electrons. The molecule has 0 spiro atoms. The molecule has 4 N–H and O–H groups in total. The minimum atomic E-state index is -1.09. The smallest absolute Gasteiger partial charge is 0.368 e. The molecule has 1 aromatic heterocycles. The molecule has 1 aliphatic heterocycles. The molecule has 0 bridgehead atoms. The van der Waals surface area contributed by atoms with Crippen LogP contribution in [0, 0.1) is 6.92 Å². The maximum absolute atomic E-state index is 11.7. The zero-order valence-electron chi connectivity index (χ0n) is 9.93. The fourth-order valence-electron chi connectivity index (χ4n) is 1.71. The average molecular weight is 313 g/mol. The van der Waals surface area contributed by atoms with Crippen molar-refractivity contribution in [2.45, 2.75) is 30.7 Å². The van der Waals surface area contributed by atoms with Crippen LogP contribution in [0.25, 0.3) is 0 Å². The summed E-state index contributed by atoms with van der Waals surface area (Å²) in [4.78, 5) is 15.2. The van der Waals surface area contributed by atoms with E-state index in [0.717, 1.165) is 4.68 Å². The highest BCUT2D eigenvalue weighted by Crippen LogP contribution is 2.31. The highest BCUT2D eigenvalue weighted by Gasteiger charge is 2.44. The topological polar surface area (TPSA) is 123 Å². The molecule has 1 saturated heterocycles. The maximum atomic E-state index is 11.7. The molecular formula is C9H14Cl2N4O4. The predicted molar refractivity (Wildman–Crippen MR) is 69.3 cm³/mol. The molecule has 2 heterocycles. The van der Waals surface area contributed by atoms with Gasteiger partial charge in [-0.1, -0.05) is 0 Å². The Morgan fingerprint density at radius 1 is 1.58 bits per heavy atom. The van der Waals surface area contributed by atoms with E-state index in [1.165, 1.54) is 0 Å². The van der Waals surface area contributed by atoms with Gasteiger partial charge in [0.05, 0.1) is 6.61 Å². The number of nitrogens with two attached hydrogens (primary N) is 1. The number of aromatic nitrogens is 3. The Hall–Kier alpha value is -0.930. The monoisotopic (exact) mass is 312 g/mol. The van der Waals surface area contributed by atoms with Gasteiger partial charge in [0.2, 0.25) is 0 Å². The van der Waals surface area contributed by atoms with Crippen LogP contribution in [0.1, 0.15) is 11.9 Å². The minimum absolute atomic E-state index is 0. The van der Waals surface area contributed by atoms with E-state index < -0.39 is 36.1 Å². The molecule has 4 atom stereocenters. The summed E-state index contributed by atoms with van der Waals surface area (Å²) in [7, 11) is 0. The molecular weight excluding hydrogens is 299 g/mol. The Labute approximate surface area is 119 Å². The number of ether oxygens (including phenoxy) is 1. The van der Waals surface area contributed by atoms with Crippen LogP contribution in [-0.4, -0.2) is 49.2 Å². The first kappa shape index (κ1) is 16.1. The van der Waals surface area contributed by atoms with Crippen molar-refractivity contribution in [1.29, 1.82) is 0 Å². The summed E-state index contributed by atoms with van der Waals surface area (Å²) in [6.45, 7) is 1.17. The van der Waals surface area contributed by atoms with Crippen molar-refractivity contribution < 1.29 is 14.9 Å². The van der Waals surface area contributed by atoms with Gasteiger partial charge in [-0.05, 0) is 6.92 Å². The molecule has 10 heteroatoms. The normalized spacial score (nSPS) is 30.1. The van der Waals surface area contributed by atoms with Crippen molar-refractivity contribution in [2.75, 3.05) is 12.3 Å². The maximum Gasteiger partial charge on any atom is 0.368 e. The van der Waals surface area contributed by atoms with Crippen LogP contribution in [0.2, 0.25) is 0 Å². The summed E-state index contributed by atoms with van der Waals surface area (Å²) in [5, 5.41) is 21.7. The van der Waals surface area contributed by atoms with Gasteiger partial charge in [0.15, 0.2) is 12.0 Å². The van der Waals surface area contributed by atoms with Crippen LogP contribution < -0.4 is 11.4 Å². The van der Waals surface area contributed by atoms with Gasteiger partial charge in [-0.3, -0.25) is 0 Å². The number of aliphatic hydroxyl groups is 2. The summed E-state index contributed by atoms with van der Waals surface area (Å²) in [5.74, 6) is 0.0274. The fraction of sp³-hybridized carbons (Fsp3) is 0.667. The number of aryl methyl sites for hydroxylation is 1. The van der Waals surface area contributed by atoms with Crippen LogP contribution in [0.5, 0.6) is 0 Å². The lowest BCUT2D eigenvalue weighted by Crippen LogP contribution is -2.35. The third-order valence-electron chi connectivity index (χ3n) is 2.76. The number of alkyl halides is 1. The Balaban J connectivity index is 0.00000180. The Morgan fingerprint density at radius 3 is 2.74 bits per heavy atom. The van der Waals surface area contributed by atoms with Crippen molar-refractivity contribution in [3.63, 3.8) is 0 Å². The van der Waals surface area contributed by atoms with Gasteiger partial charge < -0.3 is 20.7 Å². The van der Waals surface area contributed by atoms with Crippen LogP contribution in [0.4, 0.5) is 5.82 Å². The number of nitrogen functional groups attached to an aromatic ring is 1. The number of anilines is 1. The SMILES string of the molecule is Cc1nn([C@@H]2O[C@H](CO)[C@@H](O)[C@H]2Cl)c(=O)nc1N.Cl. The zero-order chi connectivity index (χ0) is 13.4. The third kappa shape index (κ3) is 2.82. The molecule has 0 amide bonds. The van der Waals surface area contributed by atoms with E-state index in [4.69, 9.17) is 27.2 Å². The average Bonchev–Trinajstić information content (AvgIpc) is 2.61. The lowest BCUT2D eigenvalue weighted by atomic mass is 10.2. The second-order valence-corrected chi connectivity index (χ2v) is 4.50. The largest absolute Gasteiger partial charge is 0.394 e. The van der Waals surface area contributed by atoms with Crippen molar-refractivity contribution in [3.8, 4) is 0 Å². The highest BCUT2D eigenvalue weighted by molar-refractivity contribution is 6.21. The van der Waals surface area contributed by atoms with Gasteiger partial charge >= 0.3 is 5.69 Å². The molecule has 0 saturated carbocycles. The molecule has 2 rings (SSSR count). The number of hydrogen-bond acceptors (Lipinski definition) is 7. The second kappa shape index (κ2) is 6.02. The first-order chi connectivity index (χ1) is 8.45. The fourth-order valence-corrected chi connectivity index (χ4v) is 2.04. The highest BCUT2D eigenvalue weighted by atomic mass is 35.5. The van der Waals surface area contributed by atoms with E-state index in [2.05, 4.69) is 10.1 Å². The quantitative estimate of drug-likeness (QED) is 0.586. The standard InChI is InChI=1S/C9H13ClN4O4.ClH/c1-3-7(11)12-9(17)14(13-3)8-5(10)6(16)4(2-15)18-8;/h4-6,8,15-16H,2H2,1H3,(H2,11,12,17);1H/t4-,5-,6-,8-;/m1./s1. The summed E-state index contributed by atoms with van der Waals surface area (Å²) in [6, 6.07) is 0. The van der Waals surface area contributed by atoms with Crippen molar-refractivity contribution >= 4 is 29.8 Å². The first-order valence-electron chi connectivity index (χ1n) is 5.27. The van der Waals surface area contributed by atoms with Gasteiger partial charge in [0, 0.05) is 0 Å². The lowest BCUT2D eigenvalue weighted by molar-refractivity contribution is -0.0505. The van der Waals surface area contributed by atoms with Crippen molar-refractivity contribution in [1.82, 2.24) is 14.8 Å². The number of rotatable bonds is 2. The summed E-state index contributed by atoms with van der Waals surface area (Å²) >= 11 is 5.96. The van der Waals surface area contributed by atoms with Crippen LogP contribution in [0.3, 0.4) is 0 Å². The summed E-state index contributed by atoms with van der Waals surface area (Å²) in [6.07, 6.45) is -2.93. The van der Waals surface area contributed by atoms with Crippen LogP contribution in [0.15, 0.2) is 4.79 Å². The Morgan fingerprint density at radius 2 is 2.21 bits per heavy atom. The predicted octanol–water partition coefficient (Wildman–Crippen LogP) is -1.19. The molecule has 1 fully saturated rings. The molecule has 19 heavy (non-hydrogen) atoms. The molecule has 0 aromatic carbocycles. The summed E-state index contributed by atoms with van der Waals surface area (Å²) < 4.78 is 6.20. The van der Waals surface area contributed by atoms with Crippen LogP contribution >= 0.6 is 24.0 Å². The molecule has 8 nitrogen and oxygen atoms in total. The van der Waals surface area contributed by atoms with Gasteiger partial charge in [0.25, 0.3) is 0 Å². The van der Waals surface area contributed by atoms with Gasteiger partial charge in [-0.2, -0.15) is 14.8 Å². The van der Waals surface area contributed by atoms with E-state index in [9.17, 15) is 9.90 Å². The minimum Gasteiger partial charge on any atom is -0.394 e. The lowest BCUT2D eigenvalue weighted by Gasteiger charge is -2.15. The zero-order valence-corrected chi connectivity index (χ0v) is 11.5.